The van der Waals surface area contributed by atoms with Crippen molar-refractivity contribution in [1.82, 2.24) is 15.0 Å². The minimum atomic E-state index is -0.315. The van der Waals surface area contributed by atoms with Crippen LogP contribution in [0.3, 0.4) is 0 Å². The molecule has 1 aromatic heterocycles. The number of rotatable bonds is 6. The first kappa shape index (κ1) is 13.1. The summed E-state index contributed by atoms with van der Waals surface area (Å²) in [5.41, 5.74) is 6.90. The number of nitrogens with zero attached hydrogens (tertiary/aromatic N) is 3. The standard InChI is InChI=1S/C11H22N4O/c1-5-11(6-2,16-7-3)10(12)9-8-13-14-15(9)4/h8,10H,5-7,12H2,1-4H3. The summed E-state index contributed by atoms with van der Waals surface area (Å²) in [6, 6.07) is -0.192. The molecule has 0 radical (unpaired) electrons. The van der Waals surface area contributed by atoms with E-state index in [0.29, 0.717) is 6.61 Å². The second kappa shape index (κ2) is 5.41. The first-order chi connectivity index (χ1) is 7.61. The third-order valence-electron chi connectivity index (χ3n) is 3.26. The molecule has 1 aromatic rings. The van der Waals surface area contributed by atoms with E-state index in [-0.39, 0.29) is 11.6 Å². The molecule has 2 N–H and O–H groups in total. The van der Waals surface area contributed by atoms with Gasteiger partial charge in [0, 0.05) is 13.7 Å². The van der Waals surface area contributed by atoms with Crippen molar-refractivity contribution in [1.29, 1.82) is 0 Å². The summed E-state index contributed by atoms with van der Waals surface area (Å²) in [7, 11) is 1.85. The summed E-state index contributed by atoms with van der Waals surface area (Å²) in [4.78, 5) is 0. The largest absolute Gasteiger partial charge is 0.373 e. The maximum absolute atomic E-state index is 6.30. The molecule has 0 saturated carbocycles. The van der Waals surface area contributed by atoms with E-state index < -0.39 is 0 Å². The third-order valence-corrected chi connectivity index (χ3v) is 3.26. The highest BCUT2D eigenvalue weighted by Crippen LogP contribution is 2.32. The Morgan fingerprint density at radius 2 is 2.06 bits per heavy atom. The molecule has 0 spiro atoms. The van der Waals surface area contributed by atoms with Gasteiger partial charge in [-0.2, -0.15) is 0 Å². The van der Waals surface area contributed by atoms with Crippen LogP contribution in [0, 0.1) is 0 Å². The van der Waals surface area contributed by atoms with Crippen molar-refractivity contribution in [3.8, 4) is 0 Å². The number of ether oxygens (including phenoxy) is 1. The molecule has 0 aliphatic carbocycles. The zero-order valence-electron chi connectivity index (χ0n) is 10.6. The van der Waals surface area contributed by atoms with Crippen molar-refractivity contribution in [2.45, 2.75) is 45.3 Å². The van der Waals surface area contributed by atoms with Crippen LogP contribution in [0.25, 0.3) is 0 Å². The number of aryl methyl sites for hydroxylation is 1. The van der Waals surface area contributed by atoms with E-state index in [1.807, 2.05) is 14.0 Å². The fourth-order valence-corrected chi connectivity index (χ4v) is 2.12. The van der Waals surface area contributed by atoms with E-state index >= 15 is 0 Å². The molecule has 0 aliphatic heterocycles. The quantitative estimate of drug-likeness (QED) is 0.796. The third kappa shape index (κ3) is 2.25. The van der Waals surface area contributed by atoms with Crippen molar-refractivity contribution < 1.29 is 4.74 Å². The topological polar surface area (TPSA) is 66.0 Å². The Kier molecular flexibility index (Phi) is 4.44. The number of nitrogens with two attached hydrogens (primary N) is 1. The average Bonchev–Trinajstić information content (AvgIpc) is 2.71. The second-order valence-corrected chi connectivity index (χ2v) is 3.97. The van der Waals surface area contributed by atoms with E-state index in [1.165, 1.54) is 0 Å². The van der Waals surface area contributed by atoms with Gasteiger partial charge in [0.25, 0.3) is 0 Å². The van der Waals surface area contributed by atoms with Crippen molar-refractivity contribution in [2.24, 2.45) is 12.8 Å². The molecule has 5 heteroatoms. The van der Waals surface area contributed by atoms with E-state index in [9.17, 15) is 0 Å². The summed E-state index contributed by atoms with van der Waals surface area (Å²) in [6.07, 6.45) is 3.47. The Morgan fingerprint density at radius 3 is 2.44 bits per heavy atom. The van der Waals surface area contributed by atoms with Crippen LogP contribution in [0.5, 0.6) is 0 Å². The molecule has 5 nitrogen and oxygen atoms in total. The normalized spacial score (nSPS) is 14.1. The molecule has 1 heterocycles. The zero-order valence-corrected chi connectivity index (χ0v) is 10.6. The van der Waals surface area contributed by atoms with Crippen LogP contribution in [-0.2, 0) is 11.8 Å². The molecule has 1 atom stereocenters. The molecule has 0 amide bonds. The molecule has 1 rings (SSSR count). The Hall–Kier alpha value is -0.940. The van der Waals surface area contributed by atoms with Crippen LogP contribution in [-0.4, -0.2) is 27.2 Å². The number of hydrogen-bond donors (Lipinski definition) is 1. The average molecular weight is 226 g/mol. The van der Waals surface area contributed by atoms with Gasteiger partial charge in [0.05, 0.1) is 23.5 Å². The zero-order chi connectivity index (χ0) is 12.2. The maximum Gasteiger partial charge on any atom is 0.0884 e. The molecule has 92 valence electrons. The van der Waals surface area contributed by atoms with Crippen molar-refractivity contribution in [2.75, 3.05) is 6.61 Å². The lowest BCUT2D eigenvalue weighted by Crippen LogP contribution is -2.43. The summed E-state index contributed by atoms with van der Waals surface area (Å²) in [5, 5.41) is 7.77. The second-order valence-electron chi connectivity index (χ2n) is 3.97. The predicted octanol–water partition coefficient (Wildman–Crippen LogP) is 1.41. The van der Waals surface area contributed by atoms with Crippen LogP contribution in [0.4, 0.5) is 0 Å². The molecule has 0 aliphatic rings. The molecular formula is C11H22N4O. The minimum absolute atomic E-state index is 0.192. The van der Waals surface area contributed by atoms with E-state index in [1.54, 1.807) is 10.9 Å². The van der Waals surface area contributed by atoms with Gasteiger partial charge in [0.2, 0.25) is 0 Å². The molecule has 16 heavy (non-hydrogen) atoms. The molecule has 0 aromatic carbocycles. The summed E-state index contributed by atoms with van der Waals surface area (Å²) in [5.74, 6) is 0. The molecule has 0 bridgehead atoms. The lowest BCUT2D eigenvalue weighted by atomic mass is 9.87. The highest BCUT2D eigenvalue weighted by Gasteiger charge is 2.36. The summed E-state index contributed by atoms with van der Waals surface area (Å²) >= 11 is 0. The highest BCUT2D eigenvalue weighted by molar-refractivity contribution is 5.08. The van der Waals surface area contributed by atoms with Crippen molar-refractivity contribution >= 4 is 0 Å². The summed E-state index contributed by atoms with van der Waals surface area (Å²) in [6.45, 7) is 6.86. The lowest BCUT2D eigenvalue weighted by molar-refractivity contribution is -0.0660. The fraction of sp³-hybridized carbons (Fsp3) is 0.818. The van der Waals surface area contributed by atoms with Gasteiger partial charge < -0.3 is 10.5 Å². The molecule has 1 unspecified atom stereocenters. The fourth-order valence-electron chi connectivity index (χ4n) is 2.12. The SMILES string of the molecule is CCOC(CC)(CC)C(N)c1cnnn1C. The monoisotopic (exact) mass is 226 g/mol. The molecule has 0 fully saturated rings. The van der Waals surface area contributed by atoms with Crippen LogP contribution >= 0.6 is 0 Å². The van der Waals surface area contributed by atoms with Gasteiger partial charge >= 0.3 is 0 Å². The summed E-state index contributed by atoms with van der Waals surface area (Å²) < 4.78 is 7.59. The number of hydrogen-bond acceptors (Lipinski definition) is 4. The van der Waals surface area contributed by atoms with Gasteiger partial charge in [-0.3, -0.25) is 4.68 Å². The van der Waals surface area contributed by atoms with Gasteiger partial charge in [0.15, 0.2) is 0 Å². The first-order valence-electron chi connectivity index (χ1n) is 5.85. The molecular weight excluding hydrogens is 204 g/mol. The highest BCUT2D eigenvalue weighted by atomic mass is 16.5. The smallest absolute Gasteiger partial charge is 0.0884 e. The Bertz CT molecular complexity index is 320. The van der Waals surface area contributed by atoms with Gasteiger partial charge in [0.1, 0.15) is 0 Å². The van der Waals surface area contributed by atoms with Crippen molar-refractivity contribution in [3.05, 3.63) is 11.9 Å². The van der Waals surface area contributed by atoms with E-state index in [0.717, 1.165) is 18.5 Å². The van der Waals surface area contributed by atoms with Crippen LogP contribution in [0.15, 0.2) is 6.20 Å². The van der Waals surface area contributed by atoms with Gasteiger partial charge in [-0.1, -0.05) is 19.1 Å². The first-order valence-corrected chi connectivity index (χ1v) is 5.85. The van der Waals surface area contributed by atoms with Gasteiger partial charge in [-0.15, -0.1) is 5.10 Å². The lowest BCUT2D eigenvalue weighted by Gasteiger charge is -2.36. The Balaban J connectivity index is 2.99. The predicted molar refractivity (Wildman–Crippen MR) is 62.9 cm³/mol. The van der Waals surface area contributed by atoms with Crippen LogP contribution in [0.1, 0.15) is 45.3 Å². The Labute approximate surface area is 97.0 Å². The number of aromatic nitrogens is 3. The van der Waals surface area contributed by atoms with Gasteiger partial charge in [-0.05, 0) is 19.8 Å². The van der Waals surface area contributed by atoms with Crippen LogP contribution in [0.2, 0.25) is 0 Å². The van der Waals surface area contributed by atoms with Crippen molar-refractivity contribution in [3.63, 3.8) is 0 Å². The van der Waals surface area contributed by atoms with Crippen LogP contribution < -0.4 is 5.73 Å². The molecule has 0 saturated heterocycles. The maximum atomic E-state index is 6.30. The minimum Gasteiger partial charge on any atom is -0.373 e. The Morgan fingerprint density at radius 1 is 1.44 bits per heavy atom. The van der Waals surface area contributed by atoms with Gasteiger partial charge in [-0.25, -0.2) is 0 Å². The van der Waals surface area contributed by atoms with E-state index in [4.69, 9.17) is 10.5 Å². The van der Waals surface area contributed by atoms with E-state index in [2.05, 4.69) is 24.2 Å².